The Morgan fingerprint density at radius 1 is 1.24 bits per heavy atom. The monoisotopic (exact) mass is 561 g/mol. The molecule has 1 amide bonds. The summed E-state index contributed by atoms with van der Waals surface area (Å²) in [5.74, 6) is 5.55. The lowest BCUT2D eigenvalue weighted by Crippen LogP contribution is -2.48. The van der Waals surface area contributed by atoms with E-state index in [0.717, 1.165) is 0 Å². The van der Waals surface area contributed by atoms with Gasteiger partial charge in [0.05, 0.1) is 34.6 Å². The van der Waals surface area contributed by atoms with Crippen LogP contribution in [0.15, 0.2) is 42.6 Å². The number of nitrogens with one attached hydrogen (secondary N) is 1. The molecule has 4 rings (SSSR count). The minimum Gasteiger partial charge on any atom is -0.497 e. The fraction of sp³-hybridized carbons (Fsp3) is 0.357. The number of pyridine rings is 1. The van der Waals surface area contributed by atoms with Crippen molar-refractivity contribution < 1.29 is 23.5 Å². The molecule has 0 radical (unpaired) electrons. The van der Waals surface area contributed by atoms with Gasteiger partial charge >= 0.3 is 0 Å². The van der Waals surface area contributed by atoms with E-state index in [1.807, 2.05) is 0 Å². The molecule has 2 heterocycles. The summed E-state index contributed by atoms with van der Waals surface area (Å²) in [5.41, 5.74) is 2.36. The largest absolute Gasteiger partial charge is 0.497 e. The molecule has 1 atom stereocenters. The second-order valence-electron chi connectivity index (χ2n) is 9.34. The third-order valence-corrected chi connectivity index (χ3v) is 7.70. The molecule has 200 valence electrons. The molecular formula is C28H27Cl2F2N3O3. The van der Waals surface area contributed by atoms with E-state index in [2.05, 4.69) is 21.7 Å². The molecule has 3 aromatic rings. The lowest BCUT2D eigenvalue weighted by atomic mass is 9.73. The molecule has 0 saturated carbocycles. The standard InChI is InChI=1S/C28H27Cl2F2N3O3/c1-38-19-5-7-25-20(16-19)26(22(30)17-33-25)24(32)8-9-28(27(36)34-37)10-13-35(14-11-28)12-2-3-18-4-6-23(31)21(29)15-18/h4-7,15-17,24,37H,8-14H2,1H3,(H,34,36). The van der Waals surface area contributed by atoms with Crippen molar-refractivity contribution in [2.75, 3.05) is 26.7 Å². The zero-order valence-electron chi connectivity index (χ0n) is 20.7. The van der Waals surface area contributed by atoms with E-state index < -0.39 is 23.3 Å². The SMILES string of the molecule is COc1ccc2ncc(Cl)c(C(F)CCC3(C(=O)NO)CCN(CC#Cc4ccc(F)c(Cl)c4)CC3)c2c1. The van der Waals surface area contributed by atoms with Gasteiger partial charge in [-0.2, -0.15) is 0 Å². The quantitative estimate of drug-likeness (QED) is 0.206. The van der Waals surface area contributed by atoms with Crippen molar-refractivity contribution in [1.82, 2.24) is 15.4 Å². The number of hydrogen-bond donors (Lipinski definition) is 2. The van der Waals surface area contributed by atoms with Crippen LogP contribution in [0.4, 0.5) is 8.78 Å². The van der Waals surface area contributed by atoms with Crippen molar-refractivity contribution in [3.63, 3.8) is 0 Å². The van der Waals surface area contributed by atoms with E-state index in [4.69, 9.17) is 27.9 Å². The average Bonchev–Trinajstić information content (AvgIpc) is 2.93. The minimum atomic E-state index is -1.45. The fourth-order valence-electron chi connectivity index (χ4n) is 4.84. The van der Waals surface area contributed by atoms with Gasteiger partial charge in [0.25, 0.3) is 0 Å². The number of carbonyl (C=O) groups excluding carboxylic acids is 1. The number of amides is 1. The Kier molecular flexibility index (Phi) is 9.06. The lowest BCUT2D eigenvalue weighted by molar-refractivity contribution is -0.143. The van der Waals surface area contributed by atoms with Crippen molar-refractivity contribution >= 4 is 40.0 Å². The number of benzene rings is 2. The van der Waals surface area contributed by atoms with Gasteiger partial charge in [0.2, 0.25) is 5.91 Å². The maximum atomic E-state index is 15.7. The summed E-state index contributed by atoms with van der Waals surface area (Å²) < 4.78 is 34.3. The van der Waals surface area contributed by atoms with E-state index in [1.165, 1.54) is 25.4 Å². The summed E-state index contributed by atoms with van der Waals surface area (Å²) in [6.45, 7) is 1.52. The molecule has 1 aromatic heterocycles. The molecule has 1 saturated heterocycles. The average molecular weight is 562 g/mol. The molecule has 1 aliphatic heterocycles. The van der Waals surface area contributed by atoms with Gasteiger partial charge in [0.15, 0.2) is 0 Å². The van der Waals surface area contributed by atoms with Crippen LogP contribution >= 0.6 is 23.2 Å². The van der Waals surface area contributed by atoms with Crippen molar-refractivity contribution in [3.05, 3.63) is 69.6 Å². The van der Waals surface area contributed by atoms with Crippen LogP contribution in [0.3, 0.4) is 0 Å². The maximum Gasteiger partial charge on any atom is 0.249 e. The first-order chi connectivity index (χ1) is 18.3. The Morgan fingerprint density at radius 3 is 2.68 bits per heavy atom. The number of halogens is 4. The highest BCUT2D eigenvalue weighted by Gasteiger charge is 2.41. The Bertz CT molecular complexity index is 1380. The lowest BCUT2D eigenvalue weighted by Gasteiger charge is -2.40. The summed E-state index contributed by atoms with van der Waals surface area (Å²) >= 11 is 12.2. The highest BCUT2D eigenvalue weighted by Crippen LogP contribution is 2.42. The van der Waals surface area contributed by atoms with Gasteiger partial charge in [0.1, 0.15) is 17.7 Å². The van der Waals surface area contributed by atoms with Crippen LogP contribution < -0.4 is 10.2 Å². The Hall–Kier alpha value is -2.96. The highest BCUT2D eigenvalue weighted by atomic mass is 35.5. The third kappa shape index (κ3) is 6.19. The summed E-state index contributed by atoms with van der Waals surface area (Å²) in [6, 6.07) is 9.48. The van der Waals surface area contributed by atoms with Gasteiger partial charge < -0.3 is 4.74 Å². The number of hydroxylamine groups is 1. The first kappa shape index (κ1) is 28.1. The van der Waals surface area contributed by atoms with Gasteiger partial charge in [-0.15, -0.1) is 0 Å². The van der Waals surface area contributed by atoms with Gasteiger partial charge in [0, 0.05) is 35.8 Å². The van der Waals surface area contributed by atoms with E-state index in [0.29, 0.717) is 60.3 Å². The molecule has 0 bridgehead atoms. The molecule has 1 unspecified atom stereocenters. The number of methoxy groups -OCH3 is 1. The molecule has 2 N–H and O–H groups in total. The fourth-order valence-corrected chi connectivity index (χ4v) is 5.29. The van der Waals surface area contributed by atoms with Gasteiger partial charge in [-0.3, -0.25) is 19.9 Å². The van der Waals surface area contributed by atoms with Crippen molar-refractivity contribution in [2.24, 2.45) is 5.41 Å². The van der Waals surface area contributed by atoms with Crippen LogP contribution in [0.25, 0.3) is 10.9 Å². The van der Waals surface area contributed by atoms with E-state index in [9.17, 15) is 14.4 Å². The maximum absolute atomic E-state index is 15.7. The summed E-state index contributed by atoms with van der Waals surface area (Å²) in [4.78, 5) is 19.1. The number of nitrogens with zero attached hydrogens (tertiary/aromatic N) is 2. The number of likely N-dealkylation sites (tertiary alicyclic amines) is 1. The molecule has 0 spiro atoms. The smallest absolute Gasteiger partial charge is 0.249 e. The van der Waals surface area contributed by atoms with Gasteiger partial charge in [-0.25, -0.2) is 14.3 Å². The van der Waals surface area contributed by atoms with Gasteiger partial charge in [-0.05, 0) is 62.1 Å². The third-order valence-electron chi connectivity index (χ3n) is 7.11. The Morgan fingerprint density at radius 2 is 2.00 bits per heavy atom. The molecule has 2 aromatic carbocycles. The molecule has 1 aliphatic rings. The van der Waals surface area contributed by atoms with Crippen LogP contribution in [0.2, 0.25) is 10.0 Å². The summed E-state index contributed by atoms with van der Waals surface area (Å²) in [5, 5.41) is 10.2. The molecule has 10 heteroatoms. The number of aromatic nitrogens is 1. The summed E-state index contributed by atoms with van der Waals surface area (Å²) in [7, 11) is 1.53. The van der Waals surface area contributed by atoms with Gasteiger partial charge in [-0.1, -0.05) is 35.0 Å². The Balaban J connectivity index is 1.43. The van der Waals surface area contributed by atoms with Crippen LogP contribution in [0.5, 0.6) is 5.75 Å². The molecular weight excluding hydrogens is 535 g/mol. The second-order valence-corrected chi connectivity index (χ2v) is 10.2. The van der Waals surface area contributed by atoms with Crippen LogP contribution in [0, 0.1) is 23.1 Å². The van der Waals surface area contributed by atoms with Crippen molar-refractivity contribution in [2.45, 2.75) is 31.9 Å². The number of rotatable bonds is 7. The number of carbonyl (C=O) groups is 1. The predicted molar refractivity (Wildman–Crippen MR) is 143 cm³/mol. The normalized spacial score (nSPS) is 15.9. The van der Waals surface area contributed by atoms with Crippen LogP contribution in [-0.2, 0) is 4.79 Å². The molecule has 6 nitrogen and oxygen atoms in total. The number of alkyl halides is 1. The number of ether oxygens (including phenoxy) is 1. The predicted octanol–water partition coefficient (Wildman–Crippen LogP) is 6.12. The first-order valence-electron chi connectivity index (χ1n) is 12.1. The number of fused-ring (bicyclic) bond motifs is 1. The van der Waals surface area contributed by atoms with Crippen molar-refractivity contribution in [1.29, 1.82) is 0 Å². The molecule has 1 fully saturated rings. The Labute approximate surface area is 229 Å². The molecule has 0 aliphatic carbocycles. The van der Waals surface area contributed by atoms with Crippen LogP contribution in [-0.4, -0.2) is 47.7 Å². The van der Waals surface area contributed by atoms with E-state index in [1.54, 1.807) is 29.7 Å². The van der Waals surface area contributed by atoms with Crippen LogP contribution in [0.1, 0.15) is 43.0 Å². The number of hydrogen-bond acceptors (Lipinski definition) is 5. The highest BCUT2D eigenvalue weighted by molar-refractivity contribution is 6.32. The topological polar surface area (TPSA) is 74.7 Å². The van der Waals surface area contributed by atoms with Crippen molar-refractivity contribution in [3.8, 4) is 17.6 Å². The van der Waals surface area contributed by atoms with E-state index in [-0.39, 0.29) is 22.9 Å². The zero-order chi connectivity index (χ0) is 27.3. The minimum absolute atomic E-state index is 0.0147. The second kappa shape index (κ2) is 12.3. The summed E-state index contributed by atoms with van der Waals surface area (Å²) in [6.07, 6.45) is 1.08. The first-order valence-corrected chi connectivity index (χ1v) is 12.9. The molecule has 38 heavy (non-hydrogen) atoms. The zero-order valence-corrected chi connectivity index (χ0v) is 22.3. The number of piperidine rings is 1. The van der Waals surface area contributed by atoms with E-state index >= 15 is 4.39 Å².